The average Bonchev–Trinajstić information content (AvgIpc) is 3.38. The van der Waals surface area contributed by atoms with Crippen LogP contribution in [-0.4, -0.2) is 43.5 Å². The van der Waals surface area contributed by atoms with Gasteiger partial charge in [0.2, 0.25) is 0 Å². The Morgan fingerprint density at radius 3 is 2.93 bits per heavy atom. The van der Waals surface area contributed by atoms with Crippen LogP contribution in [-0.2, 0) is 13.2 Å². The Labute approximate surface area is 157 Å². The van der Waals surface area contributed by atoms with Crippen molar-refractivity contribution in [1.29, 1.82) is 0 Å². The Balaban J connectivity index is 1.49. The van der Waals surface area contributed by atoms with Crippen molar-refractivity contribution in [1.82, 2.24) is 19.4 Å². The molecule has 4 heterocycles. The van der Waals surface area contributed by atoms with Gasteiger partial charge in [0, 0.05) is 37.6 Å². The van der Waals surface area contributed by atoms with Crippen molar-refractivity contribution >= 4 is 5.91 Å². The number of hydrogen-bond donors (Lipinski definition) is 1. The Kier molecular flexibility index (Phi) is 5.02. The Morgan fingerprint density at radius 1 is 1.22 bits per heavy atom. The Bertz CT molecular complexity index is 903. The zero-order valence-corrected chi connectivity index (χ0v) is 15.0. The summed E-state index contributed by atoms with van der Waals surface area (Å²) in [5.74, 6) is 1.69. The number of likely N-dealkylation sites (tertiary alicyclic amines) is 1. The Hall–Kier alpha value is -2.93. The van der Waals surface area contributed by atoms with E-state index in [0.29, 0.717) is 25.4 Å². The first-order valence-electron chi connectivity index (χ1n) is 9.14. The molecule has 3 aromatic heterocycles. The number of pyridine rings is 1. The number of rotatable bonds is 5. The monoisotopic (exact) mass is 366 g/mol. The van der Waals surface area contributed by atoms with Crippen LogP contribution in [0.15, 0.2) is 53.3 Å². The summed E-state index contributed by atoms with van der Waals surface area (Å²) in [6.07, 6.45) is 7.46. The highest BCUT2D eigenvalue weighted by molar-refractivity contribution is 5.91. The number of carbonyl (C=O) groups is 1. The lowest BCUT2D eigenvalue weighted by Gasteiger charge is -2.32. The third kappa shape index (κ3) is 3.78. The number of nitrogens with zero attached hydrogens (tertiary/aromatic N) is 4. The van der Waals surface area contributed by atoms with E-state index in [1.807, 2.05) is 29.3 Å². The van der Waals surface area contributed by atoms with Gasteiger partial charge in [0.1, 0.15) is 18.2 Å². The van der Waals surface area contributed by atoms with Gasteiger partial charge >= 0.3 is 0 Å². The molecule has 1 unspecified atom stereocenters. The topological polar surface area (TPSA) is 84.4 Å². The fraction of sp³-hybridized carbons (Fsp3) is 0.350. The first kappa shape index (κ1) is 17.5. The summed E-state index contributed by atoms with van der Waals surface area (Å²) in [6, 6.07) is 9.13. The molecule has 27 heavy (non-hydrogen) atoms. The number of aliphatic hydroxyl groups is 1. The molecule has 0 aliphatic carbocycles. The van der Waals surface area contributed by atoms with Crippen molar-refractivity contribution in [2.24, 2.45) is 0 Å². The van der Waals surface area contributed by atoms with Gasteiger partial charge < -0.3 is 19.0 Å². The third-order valence-corrected chi connectivity index (χ3v) is 4.91. The molecule has 1 aliphatic rings. The minimum Gasteiger partial charge on any atom is -0.453 e. The lowest BCUT2D eigenvalue weighted by molar-refractivity contribution is 0.0666. The number of carbonyl (C=O) groups excluding carboxylic acids is 1. The van der Waals surface area contributed by atoms with Crippen LogP contribution in [0.1, 0.15) is 46.6 Å². The van der Waals surface area contributed by atoms with Crippen LogP contribution in [0.2, 0.25) is 0 Å². The average molecular weight is 366 g/mol. The van der Waals surface area contributed by atoms with Gasteiger partial charge in [0.15, 0.2) is 5.76 Å². The number of amides is 1. The maximum atomic E-state index is 12.7. The molecular formula is C20H22N4O3. The molecule has 1 fully saturated rings. The standard InChI is InChI=1S/C20H22N4O3/c25-14-17-6-7-18(27-17)20(26)24-10-3-4-15(12-24)19-22-9-11-23(19)13-16-5-1-2-8-21-16/h1-2,5-9,11,15,25H,3-4,10,12-14H2. The van der Waals surface area contributed by atoms with Gasteiger partial charge in [-0.2, -0.15) is 0 Å². The van der Waals surface area contributed by atoms with Crippen LogP contribution in [0.4, 0.5) is 0 Å². The van der Waals surface area contributed by atoms with Crippen LogP contribution < -0.4 is 0 Å². The van der Waals surface area contributed by atoms with E-state index in [1.54, 1.807) is 24.5 Å². The van der Waals surface area contributed by atoms with Gasteiger partial charge in [0.05, 0.1) is 12.2 Å². The number of aliphatic hydroxyl groups excluding tert-OH is 1. The molecule has 0 spiro atoms. The summed E-state index contributed by atoms with van der Waals surface area (Å²) in [5, 5.41) is 9.13. The first-order valence-corrected chi connectivity index (χ1v) is 9.14. The van der Waals surface area contributed by atoms with Crippen molar-refractivity contribution in [2.75, 3.05) is 13.1 Å². The molecule has 0 saturated carbocycles. The molecule has 1 saturated heterocycles. The molecule has 7 nitrogen and oxygen atoms in total. The minimum atomic E-state index is -0.207. The highest BCUT2D eigenvalue weighted by atomic mass is 16.4. The lowest BCUT2D eigenvalue weighted by atomic mass is 9.97. The number of piperidine rings is 1. The van der Waals surface area contributed by atoms with Crippen molar-refractivity contribution in [3.8, 4) is 0 Å². The van der Waals surface area contributed by atoms with E-state index in [9.17, 15) is 4.79 Å². The molecule has 1 atom stereocenters. The maximum Gasteiger partial charge on any atom is 0.289 e. The van der Waals surface area contributed by atoms with Crippen LogP contribution >= 0.6 is 0 Å². The van der Waals surface area contributed by atoms with Gasteiger partial charge in [0.25, 0.3) is 5.91 Å². The SMILES string of the molecule is O=C(c1ccc(CO)o1)N1CCCC(c2nccn2Cc2ccccn2)C1. The predicted molar refractivity (Wildman–Crippen MR) is 98.1 cm³/mol. The van der Waals surface area contributed by atoms with E-state index in [1.165, 1.54) is 0 Å². The van der Waals surface area contributed by atoms with Crippen LogP contribution in [0.25, 0.3) is 0 Å². The molecule has 1 aliphatic heterocycles. The molecule has 140 valence electrons. The van der Waals surface area contributed by atoms with Gasteiger partial charge in [-0.05, 0) is 37.1 Å². The normalized spacial score (nSPS) is 17.2. The van der Waals surface area contributed by atoms with Gasteiger partial charge in [-0.15, -0.1) is 0 Å². The summed E-state index contributed by atoms with van der Waals surface area (Å²) >= 11 is 0. The molecule has 3 aromatic rings. The predicted octanol–water partition coefficient (Wildman–Crippen LogP) is 2.43. The lowest BCUT2D eigenvalue weighted by Crippen LogP contribution is -2.39. The van der Waals surface area contributed by atoms with Crippen molar-refractivity contribution in [3.05, 3.63) is 72.0 Å². The zero-order valence-electron chi connectivity index (χ0n) is 15.0. The molecule has 1 amide bonds. The molecule has 4 rings (SSSR count). The van der Waals surface area contributed by atoms with Crippen molar-refractivity contribution in [3.63, 3.8) is 0 Å². The molecule has 0 radical (unpaired) electrons. The molecule has 0 aromatic carbocycles. The fourth-order valence-corrected chi connectivity index (χ4v) is 3.59. The van der Waals surface area contributed by atoms with E-state index in [4.69, 9.17) is 9.52 Å². The first-order chi connectivity index (χ1) is 13.2. The molecule has 7 heteroatoms. The zero-order chi connectivity index (χ0) is 18.6. The summed E-state index contributed by atoms with van der Waals surface area (Å²) in [4.78, 5) is 23.5. The third-order valence-electron chi connectivity index (χ3n) is 4.91. The summed E-state index contributed by atoms with van der Waals surface area (Å²) < 4.78 is 7.52. The summed E-state index contributed by atoms with van der Waals surface area (Å²) in [7, 11) is 0. The maximum absolute atomic E-state index is 12.7. The highest BCUT2D eigenvalue weighted by Gasteiger charge is 2.29. The van der Waals surface area contributed by atoms with Gasteiger partial charge in [-0.25, -0.2) is 4.98 Å². The highest BCUT2D eigenvalue weighted by Crippen LogP contribution is 2.27. The summed E-state index contributed by atoms with van der Waals surface area (Å²) in [5.41, 5.74) is 0.979. The van der Waals surface area contributed by atoms with Gasteiger partial charge in [-0.3, -0.25) is 9.78 Å². The van der Waals surface area contributed by atoms with Crippen molar-refractivity contribution in [2.45, 2.75) is 31.9 Å². The minimum absolute atomic E-state index is 0.137. The van der Waals surface area contributed by atoms with E-state index >= 15 is 0 Å². The molecular weight excluding hydrogens is 344 g/mol. The van der Waals surface area contributed by atoms with Crippen molar-refractivity contribution < 1.29 is 14.3 Å². The number of hydrogen-bond acceptors (Lipinski definition) is 5. The van der Waals surface area contributed by atoms with Gasteiger partial charge in [-0.1, -0.05) is 6.07 Å². The van der Waals surface area contributed by atoms with Crippen LogP contribution in [0.5, 0.6) is 0 Å². The second-order valence-corrected chi connectivity index (χ2v) is 6.75. The molecule has 0 bridgehead atoms. The van der Waals surface area contributed by atoms with Crippen LogP contribution in [0, 0.1) is 0 Å². The number of aromatic nitrogens is 3. The van der Waals surface area contributed by atoms with E-state index < -0.39 is 0 Å². The second-order valence-electron chi connectivity index (χ2n) is 6.75. The second kappa shape index (κ2) is 7.75. The van der Waals surface area contributed by atoms with E-state index in [2.05, 4.69) is 14.5 Å². The Morgan fingerprint density at radius 2 is 2.15 bits per heavy atom. The van der Waals surface area contributed by atoms with E-state index in [-0.39, 0.29) is 24.2 Å². The quantitative estimate of drug-likeness (QED) is 0.750. The molecule has 1 N–H and O–H groups in total. The van der Waals surface area contributed by atoms with Crippen LogP contribution in [0.3, 0.4) is 0 Å². The summed E-state index contributed by atoms with van der Waals surface area (Å²) in [6.45, 7) is 1.76. The largest absolute Gasteiger partial charge is 0.453 e. The van der Waals surface area contributed by atoms with E-state index in [0.717, 1.165) is 24.4 Å². The fourth-order valence-electron chi connectivity index (χ4n) is 3.59. The smallest absolute Gasteiger partial charge is 0.289 e. The number of furan rings is 1. The number of imidazole rings is 1.